The van der Waals surface area contributed by atoms with Gasteiger partial charge in [0, 0.05) is 10.6 Å². The lowest BCUT2D eigenvalue weighted by Crippen LogP contribution is -1.99. The number of thioether (sulfide) groups is 1. The molecule has 1 aromatic heterocycles. The molecule has 0 spiro atoms. The van der Waals surface area contributed by atoms with E-state index in [9.17, 15) is 4.79 Å². The van der Waals surface area contributed by atoms with Gasteiger partial charge in [0.15, 0.2) is 11.3 Å². The van der Waals surface area contributed by atoms with Gasteiger partial charge in [-0.1, -0.05) is 0 Å². The SMILES string of the molecule is O=Cc1nc2c(s1)CSCC2. The molecule has 0 aliphatic carbocycles. The van der Waals surface area contributed by atoms with Crippen molar-refractivity contribution in [2.45, 2.75) is 12.2 Å². The van der Waals surface area contributed by atoms with Gasteiger partial charge in [-0.25, -0.2) is 4.98 Å². The predicted molar refractivity (Wildman–Crippen MR) is 47.4 cm³/mol. The Bertz CT molecular complexity index is 258. The zero-order chi connectivity index (χ0) is 7.68. The van der Waals surface area contributed by atoms with Gasteiger partial charge < -0.3 is 0 Å². The molecule has 0 saturated carbocycles. The van der Waals surface area contributed by atoms with E-state index in [0.717, 1.165) is 29.9 Å². The molecule has 11 heavy (non-hydrogen) atoms. The van der Waals surface area contributed by atoms with E-state index in [4.69, 9.17) is 0 Å². The summed E-state index contributed by atoms with van der Waals surface area (Å²) in [7, 11) is 0. The summed E-state index contributed by atoms with van der Waals surface area (Å²) in [6.45, 7) is 0. The number of rotatable bonds is 1. The fourth-order valence-corrected chi connectivity index (χ4v) is 3.14. The lowest BCUT2D eigenvalue weighted by Gasteiger charge is -2.06. The Morgan fingerprint density at radius 1 is 1.55 bits per heavy atom. The van der Waals surface area contributed by atoms with Gasteiger partial charge >= 0.3 is 0 Å². The van der Waals surface area contributed by atoms with Gasteiger partial charge in [-0.2, -0.15) is 11.8 Å². The number of aldehydes is 1. The second-order valence-electron chi connectivity index (χ2n) is 2.34. The summed E-state index contributed by atoms with van der Waals surface area (Å²) in [5, 5.41) is 0.637. The van der Waals surface area contributed by atoms with E-state index in [-0.39, 0.29) is 0 Å². The summed E-state index contributed by atoms with van der Waals surface area (Å²) >= 11 is 3.45. The summed E-state index contributed by atoms with van der Waals surface area (Å²) in [6.07, 6.45) is 1.87. The molecule has 2 heterocycles. The fraction of sp³-hybridized carbons (Fsp3) is 0.429. The Balaban J connectivity index is 2.39. The Hall–Kier alpha value is -0.350. The second-order valence-corrected chi connectivity index (χ2v) is 4.56. The van der Waals surface area contributed by atoms with Crippen LogP contribution in [0.4, 0.5) is 0 Å². The van der Waals surface area contributed by atoms with E-state index in [0.29, 0.717) is 5.01 Å². The molecule has 0 fully saturated rings. The molecule has 58 valence electrons. The Morgan fingerprint density at radius 3 is 3.18 bits per heavy atom. The third kappa shape index (κ3) is 1.32. The summed E-state index contributed by atoms with van der Waals surface area (Å²) in [5.41, 5.74) is 1.15. The Labute approximate surface area is 73.0 Å². The highest BCUT2D eigenvalue weighted by Gasteiger charge is 2.14. The molecule has 0 aromatic carbocycles. The van der Waals surface area contributed by atoms with Gasteiger partial charge in [-0.05, 0) is 12.2 Å². The van der Waals surface area contributed by atoms with Crippen LogP contribution in [0.5, 0.6) is 0 Å². The summed E-state index contributed by atoms with van der Waals surface area (Å²) < 4.78 is 0. The van der Waals surface area contributed by atoms with Crippen molar-refractivity contribution < 1.29 is 4.79 Å². The van der Waals surface area contributed by atoms with Crippen molar-refractivity contribution in [2.75, 3.05) is 5.75 Å². The van der Waals surface area contributed by atoms with Gasteiger partial charge in [0.25, 0.3) is 0 Å². The molecule has 2 nitrogen and oxygen atoms in total. The number of fused-ring (bicyclic) bond motifs is 1. The third-order valence-electron chi connectivity index (χ3n) is 1.61. The second kappa shape index (κ2) is 2.95. The van der Waals surface area contributed by atoms with E-state index < -0.39 is 0 Å². The Kier molecular flexibility index (Phi) is 1.96. The highest BCUT2D eigenvalue weighted by atomic mass is 32.2. The maximum Gasteiger partial charge on any atom is 0.178 e. The first-order chi connectivity index (χ1) is 5.40. The van der Waals surface area contributed by atoms with Crippen LogP contribution in [0.2, 0.25) is 0 Å². The van der Waals surface area contributed by atoms with Gasteiger partial charge in [-0.15, -0.1) is 11.3 Å². The maximum absolute atomic E-state index is 10.4. The molecule has 4 heteroatoms. The van der Waals surface area contributed by atoms with Crippen molar-refractivity contribution in [3.05, 3.63) is 15.6 Å². The largest absolute Gasteiger partial charge is 0.295 e. The molecule has 0 N–H and O–H groups in total. The van der Waals surface area contributed by atoms with Crippen molar-refractivity contribution in [3.63, 3.8) is 0 Å². The van der Waals surface area contributed by atoms with Crippen LogP contribution in [0, 0.1) is 0 Å². The zero-order valence-corrected chi connectivity index (χ0v) is 7.50. The minimum Gasteiger partial charge on any atom is -0.295 e. The average Bonchev–Trinajstić information content (AvgIpc) is 2.46. The van der Waals surface area contributed by atoms with Crippen LogP contribution in [0.15, 0.2) is 0 Å². The number of hydrogen-bond acceptors (Lipinski definition) is 4. The van der Waals surface area contributed by atoms with E-state index >= 15 is 0 Å². The number of thiazole rings is 1. The molecule has 0 amide bonds. The van der Waals surface area contributed by atoms with Crippen LogP contribution in [0.3, 0.4) is 0 Å². The van der Waals surface area contributed by atoms with E-state index in [1.54, 1.807) is 0 Å². The predicted octanol–water partition coefficient (Wildman–Crippen LogP) is 1.74. The van der Waals surface area contributed by atoms with Crippen molar-refractivity contribution >= 4 is 29.4 Å². The first-order valence-electron chi connectivity index (χ1n) is 3.41. The van der Waals surface area contributed by atoms with Crippen LogP contribution in [0.25, 0.3) is 0 Å². The highest BCUT2D eigenvalue weighted by molar-refractivity contribution is 7.98. The molecular formula is C7H7NOS2. The first kappa shape index (κ1) is 7.31. The molecule has 2 rings (SSSR count). The zero-order valence-electron chi connectivity index (χ0n) is 5.87. The number of hydrogen-bond donors (Lipinski definition) is 0. The summed E-state index contributed by atoms with van der Waals surface area (Å²) in [6, 6.07) is 0. The Morgan fingerprint density at radius 2 is 2.45 bits per heavy atom. The quantitative estimate of drug-likeness (QED) is 0.624. The van der Waals surface area contributed by atoms with E-state index in [2.05, 4.69) is 4.98 Å². The summed E-state index contributed by atoms with van der Waals surface area (Å²) in [5.74, 6) is 2.19. The topological polar surface area (TPSA) is 30.0 Å². The number of nitrogens with zero attached hydrogens (tertiary/aromatic N) is 1. The molecule has 1 aliphatic heterocycles. The van der Waals surface area contributed by atoms with Crippen LogP contribution in [-0.2, 0) is 12.2 Å². The van der Waals surface area contributed by atoms with Gasteiger partial charge in [0.1, 0.15) is 0 Å². The van der Waals surface area contributed by atoms with Crippen molar-refractivity contribution in [2.24, 2.45) is 0 Å². The number of aromatic nitrogens is 1. The average molecular weight is 185 g/mol. The van der Waals surface area contributed by atoms with Crippen molar-refractivity contribution in [1.82, 2.24) is 4.98 Å². The molecule has 0 bridgehead atoms. The molecule has 1 aliphatic rings. The van der Waals surface area contributed by atoms with Crippen LogP contribution >= 0.6 is 23.1 Å². The molecule has 0 radical (unpaired) electrons. The lowest BCUT2D eigenvalue weighted by atomic mass is 10.3. The van der Waals surface area contributed by atoms with Crippen molar-refractivity contribution in [1.29, 1.82) is 0 Å². The highest BCUT2D eigenvalue weighted by Crippen LogP contribution is 2.28. The fourth-order valence-electron chi connectivity index (χ4n) is 1.10. The minimum absolute atomic E-state index is 0.637. The van der Waals surface area contributed by atoms with E-state index in [1.165, 1.54) is 16.2 Å². The number of aryl methyl sites for hydroxylation is 1. The molecule has 1 aromatic rings. The number of carbonyl (C=O) groups excluding carboxylic acids is 1. The van der Waals surface area contributed by atoms with Gasteiger partial charge in [-0.3, -0.25) is 4.79 Å². The molecule has 0 saturated heterocycles. The summed E-state index contributed by atoms with van der Waals surface area (Å²) in [4.78, 5) is 15.9. The lowest BCUT2D eigenvalue weighted by molar-refractivity contribution is 0.112. The van der Waals surface area contributed by atoms with Gasteiger partial charge in [0.2, 0.25) is 0 Å². The monoisotopic (exact) mass is 185 g/mol. The number of carbonyl (C=O) groups is 1. The van der Waals surface area contributed by atoms with Gasteiger partial charge in [0.05, 0.1) is 5.69 Å². The van der Waals surface area contributed by atoms with E-state index in [1.807, 2.05) is 11.8 Å². The van der Waals surface area contributed by atoms with Crippen molar-refractivity contribution in [3.8, 4) is 0 Å². The minimum atomic E-state index is 0.637. The first-order valence-corrected chi connectivity index (χ1v) is 5.39. The van der Waals surface area contributed by atoms with Crippen LogP contribution in [-0.4, -0.2) is 17.0 Å². The molecule has 0 atom stereocenters. The third-order valence-corrected chi connectivity index (χ3v) is 3.80. The standard InChI is InChI=1S/C7H7NOS2/c9-3-7-8-5-1-2-10-4-6(5)11-7/h3H,1-2,4H2. The van der Waals surface area contributed by atoms with Crippen LogP contribution in [0.1, 0.15) is 20.4 Å². The molecular weight excluding hydrogens is 178 g/mol. The maximum atomic E-state index is 10.4. The smallest absolute Gasteiger partial charge is 0.178 e. The normalized spacial score (nSPS) is 16.0. The molecule has 0 unspecified atom stereocenters. The van der Waals surface area contributed by atoms with Crippen LogP contribution < -0.4 is 0 Å².